The molecule has 0 fully saturated rings. The summed E-state index contributed by atoms with van der Waals surface area (Å²) in [6.07, 6.45) is 0. The van der Waals surface area contributed by atoms with Crippen molar-refractivity contribution in [3.8, 4) is 10.4 Å². The van der Waals surface area contributed by atoms with Crippen LogP contribution in [0.2, 0.25) is 0 Å². The maximum Gasteiger partial charge on any atom is 0.327 e. The van der Waals surface area contributed by atoms with Crippen LogP contribution in [0, 0.1) is 0 Å². The molecule has 0 bridgehead atoms. The Bertz CT molecular complexity index is 997. The number of rotatable bonds is 1. The summed E-state index contributed by atoms with van der Waals surface area (Å²) in [6.45, 7) is 0. The Hall–Kier alpha value is -2.55. The molecule has 3 aromatic heterocycles. The molecule has 9 heteroatoms. The van der Waals surface area contributed by atoms with Gasteiger partial charge in [-0.05, 0) is 5.38 Å². The summed E-state index contributed by atoms with van der Waals surface area (Å²) in [4.78, 5) is 42.5. The van der Waals surface area contributed by atoms with E-state index in [0.29, 0.717) is 10.3 Å². The Morgan fingerprint density at radius 1 is 1.10 bits per heavy atom. The summed E-state index contributed by atoms with van der Waals surface area (Å²) < 4.78 is 0. The third kappa shape index (κ3) is 1.79. The van der Waals surface area contributed by atoms with Crippen LogP contribution in [-0.2, 0) is 0 Å². The van der Waals surface area contributed by atoms with E-state index in [1.54, 1.807) is 11.4 Å². The summed E-state index contributed by atoms with van der Waals surface area (Å²) in [5.41, 5.74) is 4.54. The highest BCUT2D eigenvalue weighted by Crippen LogP contribution is 2.30. The van der Waals surface area contributed by atoms with Crippen LogP contribution in [-0.4, -0.2) is 22.8 Å². The van der Waals surface area contributed by atoms with E-state index in [4.69, 9.17) is 13.6 Å². The van der Waals surface area contributed by atoms with Crippen molar-refractivity contribution in [2.45, 2.75) is 0 Å². The highest BCUT2D eigenvalue weighted by Gasteiger charge is 2.16. The molecule has 3 heterocycles. The second kappa shape index (κ2) is 4.24. The fourth-order valence-electron chi connectivity index (χ4n) is 1.99. The van der Waals surface area contributed by atoms with Crippen molar-refractivity contribution in [1.82, 2.24) is 15.0 Å². The lowest BCUT2D eigenvalue weighted by Gasteiger charge is -2.06. The Kier molecular flexibility index (Phi) is 2.65. The van der Waals surface area contributed by atoms with Gasteiger partial charge < -0.3 is 10.7 Å². The third-order valence-corrected chi connectivity index (χ3v) is 3.78. The SMILES string of the molecule is [B]c1csc(-c2c(N)c(=O)[nH]c3[nH]c(=O)[nH]c(=O)c23)c1. The lowest BCUT2D eigenvalue weighted by Crippen LogP contribution is -2.26. The van der Waals surface area contributed by atoms with Gasteiger partial charge in [0.05, 0.1) is 5.39 Å². The van der Waals surface area contributed by atoms with Gasteiger partial charge in [-0.25, -0.2) is 4.79 Å². The maximum atomic E-state index is 12.0. The summed E-state index contributed by atoms with van der Waals surface area (Å²) >= 11 is 1.25. The average molecular weight is 286 g/mol. The van der Waals surface area contributed by atoms with Crippen LogP contribution in [0.25, 0.3) is 21.5 Å². The van der Waals surface area contributed by atoms with E-state index in [-0.39, 0.29) is 22.3 Å². The largest absolute Gasteiger partial charge is 0.394 e. The molecule has 5 N–H and O–H groups in total. The van der Waals surface area contributed by atoms with Crippen molar-refractivity contribution in [2.75, 3.05) is 5.73 Å². The van der Waals surface area contributed by atoms with Crippen molar-refractivity contribution in [2.24, 2.45) is 0 Å². The van der Waals surface area contributed by atoms with Crippen molar-refractivity contribution in [3.05, 3.63) is 42.6 Å². The third-order valence-electron chi connectivity index (χ3n) is 2.81. The summed E-state index contributed by atoms with van der Waals surface area (Å²) in [5.74, 6) is 0. The monoisotopic (exact) mass is 286 g/mol. The number of pyridine rings is 1. The molecule has 3 rings (SSSR count). The first kappa shape index (κ1) is 12.5. The van der Waals surface area contributed by atoms with Crippen LogP contribution in [0.5, 0.6) is 0 Å². The Labute approximate surface area is 115 Å². The van der Waals surface area contributed by atoms with E-state index in [0.717, 1.165) is 0 Å². The molecule has 98 valence electrons. The molecule has 0 unspecified atom stereocenters. The van der Waals surface area contributed by atoms with Gasteiger partial charge in [-0.3, -0.25) is 19.6 Å². The smallest absolute Gasteiger partial charge is 0.327 e. The van der Waals surface area contributed by atoms with Gasteiger partial charge in [0.25, 0.3) is 11.1 Å². The van der Waals surface area contributed by atoms with Gasteiger partial charge in [-0.2, -0.15) is 0 Å². The highest BCUT2D eigenvalue weighted by atomic mass is 32.1. The first-order valence-electron chi connectivity index (χ1n) is 5.50. The summed E-state index contributed by atoms with van der Waals surface area (Å²) in [5, 5.41) is 1.78. The number of thiophene rings is 1. The number of anilines is 1. The quantitative estimate of drug-likeness (QED) is 0.428. The topological polar surface area (TPSA) is 125 Å². The lowest BCUT2D eigenvalue weighted by atomic mass is 9.99. The second-order valence-corrected chi connectivity index (χ2v) is 5.06. The number of aromatic nitrogens is 3. The van der Waals surface area contributed by atoms with E-state index in [2.05, 4.69) is 15.0 Å². The first-order valence-corrected chi connectivity index (χ1v) is 6.38. The first-order chi connectivity index (χ1) is 9.47. The molecular formula is C11H7BN4O3S. The van der Waals surface area contributed by atoms with E-state index in [1.165, 1.54) is 11.3 Å². The minimum Gasteiger partial charge on any atom is -0.394 e. The molecule has 20 heavy (non-hydrogen) atoms. The highest BCUT2D eigenvalue weighted by molar-refractivity contribution is 7.14. The number of nitrogens with two attached hydrogens (primary N) is 1. The number of aromatic amines is 3. The van der Waals surface area contributed by atoms with Gasteiger partial charge in [0, 0.05) is 10.4 Å². The van der Waals surface area contributed by atoms with E-state index in [9.17, 15) is 14.4 Å². The fourth-order valence-corrected chi connectivity index (χ4v) is 2.85. The van der Waals surface area contributed by atoms with Crippen molar-refractivity contribution < 1.29 is 0 Å². The lowest BCUT2D eigenvalue weighted by molar-refractivity contribution is 1.06. The molecule has 7 nitrogen and oxygen atoms in total. The molecule has 0 saturated carbocycles. The molecule has 0 atom stereocenters. The molecule has 3 aromatic rings. The minimum atomic E-state index is -0.709. The van der Waals surface area contributed by atoms with Gasteiger partial charge in [0.15, 0.2) is 0 Å². The van der Waals surface area contributed by atoms with Gasteiger partial charge in [0.2, 0.25) is 0 Å². The molecular weight excluding hydrogens is 279 g/mol. The van der Waals surface area contributed by atoms with Crippen LogP contribution in [0.4, 0.5) is 5.69 Å². The minimum absolute atomic E-state index is 0.0277. The van der Waals surface area contributed by atoms with Crippen LogP contribution in [0.15, 0.2) is 25.8 Å². The van der Waals surface area contributed by atoms with Gasteiger partial charge in [-0.15, -0.1) is 11.3 Å². The zero-order valence-electron chi connectivity index (χ0n) is 9.94. The molecule has 0 amide bonds. The van der Waals surface area contributed by atoms with E-state index in [1.807, 2.05) is 0 Å². The molecule has 0 spiro atoms. The van der Waals surface area contributed by atoms with Crippen LogP contribution >= 0.6 is 11.3 Å². The Morgan fingerprint density at radius 3 is 2.50 bits per heavy atom. The van der Waals surface area contributed by atoms with Gasteiger partial charge in [0.1, 0.15) is 19.2 Å². The number of nitrogen functional groups attached to an aromatic ring is 1. The molecule has 0 aliphatic carbocycles. The van der Waals surface area contributed by atoms with E-state index >= 15 is 0 Å². The zero-order valence-corrected chi connectivity index (χ0v) is 10.8. The van der Waals surface area contributed by atoms with Crippen molar-refractivity contribution in [1.29, 1.82) is 0 Å². The molecule has 2 radical (unpaired) electrons. The number of hydrogen-bond donors (Lipinski definition) is 4. The summed E-state index contributed by atoms with van der Waals surface area (Å²) in [6, 6.07) is 1.61. The molecule has 0 saturated heterocycles. The number of H-pyrrole nitrogens is 3. The number of nitrogens with one attached hydrogen (secondary N) is 3. The van der Waals surface area contributed by atoms with Crippen LogP contribution < -0.4 is 28.0 Å². The average Bonchev–Trinajstić information content (AvgIpc) is 2.78. The Morgan fingerprint density at radius 2 is 1.85 bits per heavy atom. The van der Waals surface area contributed by atoms with E-state index < -0.39 is 16.8 Å². The molecule has 0 aliphatic heterocycles. The normalized spacial score (nSPS) is 11.0. The summed E-state index contributed by atoms with van der Waals surface area (Å²) in [7, 11) is 5.65. The van der Waals surface area contributed by atoms with Crippen molar-refractivity contribution in [3.63, 3.8) is 0 Å². The predicted octanol–water partition coefficient (Wildman–Crippen LogP) is -0.991. The maximum absolute atomic E-state index is 12.0. The Balaban J connectivity index is 2.58. The fraction of sp³-hybridized carbons (Fsp3) is 0. The second-order valence-electron chi connectivity index (χ2n) is 4.15. The van der Waals surface area contributed by atoms with Crippen LogP contribution in [0.3, 0.4) is 0 Å². The molecule has 0 aliphatic rings. The molecule has 0 aromatic carbocycles. The number of hydrogen-bond acceptors (Lipinski definition) is 5. The van der Waals surface area contributed by atoms with Gasteiger partial charge >= 0.3 is 5.69 Å². The van der Waals surface area contributed by atoms with Gasteiger partial charge in [-0.1, -0.05) is 11.5 Å². The zero-order chi connectivity index (χ0) is 14.4. The predicted molar refractivity (Wildman–Crippen MR) is 78.9 cm³/mol. The van der Waals surface area contributed by atoms with Crippen molar-refractivity contribution >= 4 is 41.4 Å². The van der Waals surface area contributed by atoms with Crippen LogP contribution in [0.1, 0.15) is 0 Å². The number of fused-ring (bicyclic) bond motifs is 1. The standard InChI is InChI=1S/C11H7BN4O3S/c12-3-1-4(20-2-3)5-6-8(14-10(18)7(5)13)15-11(19)16-9(6)17/h1-2H,13H2,(H3,14,15,16,17,18,19).